The first kappa shape index (κ1) is 44.0. The summed E-state index contributed by atoms with van der Waals surface area (Å²) in [6.45, 7) is -1.69. The molecule has 330 valence electrons. The summed E-state index contributed by atoms with van der Waals surface area (Å²) in [7, 11) is 0. The molecule has 5 N–H and O–H groups in total. The minimum Gasteiger partial charge on any atom is -0.485 e. The Morgan fingerprint density at radius 2 is 1.73 bits per heavy atom. The van der Waals surface area contributed by atoms with Crippen molar-refractivity contribution in [2.24, 2.45) is 5.73 Å². The number of nitrogens with one attached hydrogen (secondary N) is 3. The molecule has 1 unspecified atom stereocenters. The number of pyridine rings is 1. The van der Waals surface area contributed by atoms with Crippen molar-refractivity contribution in [2.45, 2.75) is 57.2 Å². The molecule has 1 fully saturated rings. The first-order valence-electron chi connectivity index (χ1n) is 19.6. The molecule has 1 saturated heterocycles. The summed E-state index contributed by atoms with van der Waals surface area (Å²) in [6, 6.07) is 12.2. The monoisotopic (exact) mass is 883 g/mol. The van der Waals surface area contributed by atoms with Gasteiger partial charge in [-0.1, -0.05) is 12.5 Å². The topological polar surface area (TPSA) is 268 Å². The SMILES string of the molecule is NC(=O)c1nn(-c2ccc(C(=O)CCCCCC(=O)COc3cccc4c3C(=O)N(C3CCC(=O)NC3=O)C4=O)cc2)cc1NC(=O)c1coc(-c2ccnc(NCC(F)(F)F)c2)n1. The number of alkyl halides is 3. The first-order chi connectivity index (χ1) is 30.6. The van der Waals surface area contributed by atoms with Crippen molar-refractivity contribution in [2.75, 3.05) is 23.8 Å². The molecule has 5 aromatic rings. The highest BCUT2D eigenvalue weighted by molar-refractivity contribution is 6.24. The van der Waals surface area contributed by atoms with Gasteiger partial charge in [-0.3, -0.25) is 48.6 Å². The molecule has 0 saturated carbocycles. The predicted octanol–water partition coefficient (Wildman–Crippen LogP) is 4.43. The van der Waals surface area contributed by atoms with E-state index >= 15 is 0 Å². The maximum absolute atomic E-state index is 13.2. The number of carbonyl (C=O) groups is 8. The highest BCUT2D eigenvalue weighted by Crippen LogP contribution is 2.34. The molecule has 22 heteroatoms. The third-order valence-electron chi connectivity index (χ3n) is 10.0. The molecule has 2 aliphatic heterocycles. The molecule has 0 spiro atoms. The minimum atomic E-state index is -4.47. The number of unbranched alkanes of at least 4 members (excludes halogenated alkanes) is 2. The number of hydrogen-bond donors (Lipinski definition) is 4. The number of halogens is 3. The Balaban J connectivity index is 0.869. The number of ether oxygens (including phenoxy) is 1. The van der Waals surface area contributed by atoms with Crippen LogP contribution >= 0.6 is 0 Å². The van der Waals surface area contributed by atoms with Gasteiger partial charge in [0.1, 0.15) is 37.0 Å². The standard InChI is InChI=1S/C42H36F3N9O10/c43-42(44,45)21-48-32-17-23(15-16-47-32)39-50-28(20-64-39)37(59)49-27-18-53(52-35(27)36(46)58)24-11-9-22(10-12-24)30(56)7-3-1-2-5-25(55)19-63-31-8-4-6-26-34(31)41(62)54(40(26)61)29-13-14-33(57)51-38(29)60/h4,6,8-12,15-18,20,29H,1-3,5,7,13-14,19,21H2,(H2,46,58)(H,47,48)(H,49,59)(H,51,57,60). The van der Waals surface area contributed by atoms with Crippen LogP contribution in [0, 0.1) is 0 Å². The highest BCUT2D eigenvalue weighted by atomic mass is 19.4. The zero-order chi connectivity index (χ0) is 45.7. The molecule has 1 atom stereocenters. The summed E-state index contributed by atoms with van der Waals surface area (Å²) >= 11 is 0. The number of piperidine rings is 1. The van der Waals surface area contributed by atoms with Gasteiger partial charge in [0.15, 0.2) is 23.0 Å². The van der Waals surface area contributed by atoms with Crippen LogP contribution in [-0.4, -0.2) is 97.0 Å². The largest absolute Gasteiger partial charge is 0.485 e. The van der Waals surface area contributed by atoms with E-state index < -0.39 is 54.2 Å². The van der Waals surface area contributed by atoms with Crippen LogP contribution in [0.5, 0.6) is 5.75 Å². The van der Waals surface area contributed by atoms with Gasteiger partial charge in [0, 0.05) is 36.6 Å². The van der Waals surface area contributed by atoms with Gasteiger partial charge < -0.3 is 25.5 Å². The van der Waals surface area contributed by atoms with Crippen LogP contribution in [0.1, 0.15) is 97.0 Å². The first-order valence-corrected chi connectivity index (χ1v) is 19.6. The van der Waals surface area contributed by atoms with E-state index in [1.807, 2.05) is 0 Å². The molecule has 5 heterocycles. The van der Waals surface area contributed by atoms with Gasteiger partial charge in [0.25, 0.3) is 23.6 Å². The smallest absolute Gasteiger partial charge is 0.405 e. The summed E-state index contributed by atoms with van der Waals surface area (Å²) in [6.07, 6.45) is 0.886. The number of oxazole rings is 1. The number of hydrogen-bond acceptors (Lipinski definition) is 14. The molecular weight excluding hydrogens is 848 g/mol. The van der Waals surface area contributed by atoms with E-state index in [0.717, 1.165) is 11.2 Å². The molecule has 64 heavy (non-hydrogen) atoms. The fourth-order valence-corrected chi connectivity index (χ4v) is 6.89. The lowest BCUT2D eigenvalue weighted by Crippen LogP contribution is -2.54. The van der Waals surface area contributed by atoms with Crippen molar-refractivity contribution in [3.8, 4) is 22.9 Å². The molecule has 2 aromatic carbocycles. The van der Waals surface area contributed by atoms with Crippen molar-refractivity contribution in [3.63, 3.8) is 0 Å². The Morgan fingerprint density at radius 1 is 0.969 bits per heavy atom. The number of carbonyl (C=O) groups excluding carboxylic acids is 8. The van der Waals surface area contributed by atoms with Crippen LogP contribution in [0.3, 0.4) is 0 Å². The van der Waals surface area contributed by atoms with Gasteiger partial charge in [-0.05, 0) is 67.8 Å². The number of nitrogens with two attached hydrogens (primary N) is 1. The van der Waals surface area contributed by atoms with Crippen LogP contribution in [0.2, 0.25) is 0 Å². The predicted molar refractivity (Wildman–Crippen MR) is 215 cm³/mol. The number of fused-ring (bicyclic) bond motifs is 1. The second-order valence-corrected chi connectivity index (χ2v) is 14.6. The highest BCUT2D eigenvalue weighted by Gasteiger charge is 2.46. The summed E-state index contributed by atoms with van der Waals surface area (Å²) < 4.78 is 50.1. The lowest BCUT2D eigenvalue weighted by Gasteiger charge is -2.27. The Morgan fingerprint density at radius 3 is 2.47 bits per heavy atom. The van der Waals surface area contributed by atoms with Crippen molar-refractivity contribution in [3.05, 3.63) is 101 Å². The number of rotatable bonds is 18. The van der Waals surface area contributed by atoms with Crippen molar-refractivity contribution in [1.82, 2.24) is 30.0 Å². The van der Waals surface area contributed by atoms with E-state index in [-0.39, 0.29) is 95.1 Å². The van der Waals surface area contributed by atoms with Crippen LogP contribution in [0.15, 0.2) is 77.7 Å². The fraction of sp³-hybridized carbons (Fsp3) is 0.262. The molecule has 6 amide bonds. The van der Waals surface area contributed by atoms with E-state index in [9.17, 15) is 51.5 Å². The van der Waals surface area contributed by atoms with Gasteiger partial charge in [-0.25, -0.2) is 14.6 Å². The number of anilines is 2. The second-order valence-electron chi connectivity index (χ2n) is 14.6. The van der Waals surface area contributed by atoms with E-state index in [2.05, 4.69) is 31.0 Å². The minimum absolute atomic E-state index is 0.00102. The Labute approximate surface area is 359 Å². The Hall–Kier alpha value is -8.04. The van der Waals surface area contributed by atoms with Crippen LogP contribution in [0.4, 0.5) is 24.7 Å². The lowest BCUT2D eigenvalue weighted by molar-refractivity contribution is -0.136. The third-order valence-corrected chi connectivity index (χ3v) is 10.0. The van der Waals surface area contributed by atoms with E-state index in [1.54, 1.807) is 24.3 Å². The van der Waals surface area contributed by atoms with Gasteiger partial charge in [-0.15, -0.1) is 0 Å². The average molecular weight is 884 g/mol. The van der Waals surface area contributed by atoms with Gasteiger partial charge in [0.05, 0.1) is 28.7 Å². The number of ketones is 2. The second kappa shape index (κ2) is 18.5. The number of benzene rings is 2. The van der Waals surface area contributed by atoms with Gasteiger partial charge in [-0.2, -0.15) is 18.3 Å². The van der Waals surface area contributed by atoms with Crippen LogP contribution in [-0.2, 0) is 14.4 Å². The van der Waals surface area contributed by atoms with Gasteiger partial charge >= 0.3 is 6.18 Å². The average Bonchev–Trinajstić information content (AvgIpc) is 3.99. The molecule has 19 nitrogen and oxygen atoms in total. The quantitative estimate of drug-likeness (QED) is 0.0539. The number of primary amides is 1. The Kier molecular flexibility index (Phi) is 12.7. The molecule has 7 rings (SSSR count). The molecule has 0 radical (unpaired) electrons. The summed E-state index contributed by atoms with van der Waals surface area (Å²) in [4.78, 5) is 110. The summed E-state index contributed by atoms with van der Waals surface area (Å²) in [5.41, 5.74) is 5.96. The van der Waals surface area contributed by atoms with Crippen molar-refractivity contribution < 1.29 is 60.7 Å². The molecule has 3 aromatic heterocycles. The normalized spacial score (nSPS) is 14.9. The molecule has 0 aliphatic carbocycles. The summed E-state index contributed by atoms with van der Waals surface area (Å²) in [5.74, 6) is -5.04. The molecule has 2 aliphatic rings. The van der Waals surface area contributed by atoms with Gasteiger partial charge in [0.2, 0.25) is 17.7 Å². The van der Waals surface area contributed by atoms with E-state index in [4.69, 9.17) is 14.9 Å². The molecular formula is C42H36F3N9O10. The van der Waals surface area contributed by atoms with E-state index in [0.29, 0.717) is 30.5 Å². The number of nitrogens with zero attached hydrogens (tertiary/aromatic N) is 5. The number of imide groups is 2. The van der Waals surface area contributed by atoms with Crippen LogP contribution in [0.25, 0.3) is 17.1 Å². The Bertz CT molecular complexity index is 2690. The number of aromatic nitrogens is 4. The van der Waals surface area contributed by atoms with Crippen LogP contribution < -0.4 is 26.4 Å². The number of amides is 6. The number of Topliss-reactive ketones (excluding diaryl/α,β-unsaturated/α-hetero) is 2. The van der Waals surface area contributed by atoms with Crippen molar-refractivity contribution in [1.29, 1.82) is 0 Å². The summed E-state index contributed by atoms with van der Waals surface area (Å²) in [5, 5.41) is 11.0. The maximum atomic E-state index is 13.2. The van der Waals surface area contributed by atoms with E-state index in [1.165, 1.54) is 47.4 Å². The zero-order valence-electron chi connectivity index (χ0n) is 33.4. The fourth-order valence-electron chi connectivity index (χ4n) is 6.89. The molecule has 0 bridgehead atoms. The zero-order valence-corrected chi connectivity index (χ0v) is 33.4. The lowest BCUT2D eigenvalue weighted by atomic mass is 10.0. The maximum Gasteiger partial charge on any atom is 0.405 e. The van der Waals surface area contributed by atoms with Crippen molar-refractivity contribution >= 4 is 58.5 Å². The third kappa shape index (κ3) is 10.0.